The molecule has 1 aromatic rings. The van der Waals surface area contributed by atoms with Crippen LogP contribution in [0.1, 0.15) is 55.5 Å². The van der Waals surface area contributed by atoms with E-state index in [9.17, 15) is 9.59 Å². The van der Waals surface area contributed by atoms with Crippen LogP contribution in [0.25, 0.3) is 0 Å². The summed E-state index contributed by atoms with van der Waals surface area (Å²) in [4.78, 5) is 26.3. The summed E-state index contributed by atoms with van der Waals surface area (Å²) < 4.78 is 0. The molecule has 4 heteroatoms. The van der Waals surface area contributed by atoms with Gasteiger partial charge in [0.25, 0.3) is 5.91 Å². The molecule has 0 bridgehead atoms. The number of nitrogens with one attached hydrogen (secondary N) is 1. The molecule has 2 saturated carbocycles. The molecule has 0 unspecified atom stereocenters. The van der Waals surface area contributed by atoms with Crippen molar-refractivity contribution >= 4 is 11.8 Å². The zero-order chi connectivity index (χ0) is 15.7. The Morgan fingerprint density at radius 2 is 1.77 bits per heavy atom. The lowest BCUT2D eigenvalue weighted by atomic mass is 10.1. The average molecular weight is 300 g/mol. The first-order valence-corrected chi connectivity index (χ1v) is 8.25. The van der Waals surface area contributed by atoms with E-state index in [0.29, 0.717) is 24.2 Å². The highest BCUT2D eigenvalue weighted by Gasteiger charge is 2.33. The number of benzene rings is 1. The summed E-state index contributed by atoms with van der Waals surface area (Å²) in [5.41, 5.74) is 1.78. The minimum Gasteiger partial charge on any atom is -0.349 e. The molecule has 0 heterocycles. The van der Waals surface area contributed by atoms with Crippen molar-refractivity contribution in [3.8, 4) is 0 Å². The largest absolute Gasteiger partial charge is 0.349 e. The summed E-state index contributed by atoms with van der Waals surface area (Å²) in [6.07, 6.45) is 4.41. The fourth-order valence-corrected chi connectivity index (χ4v) is 2.56. The number of hydrogen-bond donors (Lipinski definition) is 1. The molecule has 0 spiro atoms. The zero-order valence-corrected chi connectivity index (χ0v) is 13.3. The van der Waals surface area contributed by atoms with Gasteiger partial charge in [-0.1, -0.05) is 26.0 Å². The third-order valence-corrected chi connectivity index (χ3v) is 4.25. The van der Waals surface area contributed by atoms with Crippen molar-refractivity contribution in [3.05, 3.63) is 35.4 Å². The summed E-state index contributed by atoms with van der Waals surface area (Å²) >= 11 is 0. The van der Waals surface area contributed by atoms with Crippen LogP contribution in [-0.2, 0) is 11.3 Å². The maximum Gasteiger partial charge on any atom is 0.251 e. The van der Waals surface area contributed by atoms with Gasteiger partial charge in [0.15, 0.2) is 0 Å². The van der Waals surface area contributed by atoms with E-state index < -0.39 is 0 Å². The zero-order valence-electron chi connectivity index (χ0n) is 13.3. The lowest BCUT2D eigenvalue weighted by Crippen LogP contribution is -2.35. The molecule has 2 fully saturated rings. The first-order chi connectivity index (χ1) is 10.5. The maximum atomic E-state index is 12.3. The van der Waals surface area contributed by atoms with Crippen LogP contribution in [0.5, 0.6) is 0 Å². The van der Waals surface area contributed by atoms with Crippen LogP contribution in [0.3, 0.4) is 0 Å². The molecule has 0 aliphatic heterocycles. The number of carbonyl (C=O) groups is 2. The van der Waals surface area contributed by atoms with Gasteiger partial charge < -0.3 is 10.2 Å². The minimum atomic E-state index is 0.00589. The molecule has 0 aromatic heterocycles. The van der Waals surface area contributed by atoms with Crippen molar-refractivity contribution in [1.29, 1.82) is 0 Å². The normalized spacial score (nSPS) is 17.4. The highest BCUT2D eigenvalue weighted by Crippen LogP contribution is 2.29. The Bertz CT molecular complexity index is 557. The summed E-state index contributed by atoms with van der Waals surface area (Å²) in [7, 11) is 0. The lowest BCUT2D eigenvalue weighted by molar-refractivity contribution is -0.135. The standard InChI is InChI=1S/C18H24N2O2/c1-12(2)18(22)20(16-9-10-16)11-13-3-5-14(6-4-13)17(21)19-15-7-8-15/h3-6,12,15-16H,7-11H2,1-2H3,(H,19,21). The lowest BCUT2D eigenvalue weighted by Gasteiger charge is -2.24. The number of rotatable bonds is 6. The van der Waals surface area contributed by atoms with Crippen LogP contribution >= 0.6 is 0 Å². The fraction of sp³-hybridized carbons (Fsp3) is 0.556. The minimum absolute atomic E-state index is 0.00589. The van der Waals surface area contributed by atoms with Crippen LogP contribution in [0.15, 0.2) is 24.3 Å². The van der Waals surface area contributed by atoms with Gasteiger partial charge in [0, 0.05) is 30.1 Å². The van der Waals surface area contributed by atoms with E-state index >= 15 is 0 Å². The van der Waals surface area contributed by atoms with Gasteiger partial charge in [-0.05, 0) is 43.4 Å². The number of carbonyl (C=O) groups excluding carboxylic acids is 2. The SMILES string of the molecule is CC(C)C(=O)N(Cc1ccc(C(=O)NC2CC2)cc1)C1CC1. The second kappa shape index (κ2) is 6.11. The molecule has 2 aliphatic rings. The fourth-order valence-electron chi connectivity index (χ4n) is 2.56. The van der Waals surface area contributed by atoms with Gasteiger partial charge in [-0.3, -0.25) is 9.59 Å². The second-order valence-electron chi connectivity index (χ2n) is 6.80. The predicted octanol–water partition coefficient (Wildman–Crippen LogP) is 2.73. The van der Waals surface area contributed by atoms with Crippen LogP contribution in [0, 0.1) is 5.92 Å². The monoisotopic (exact) mass is 300 g/mol. The van der Waals surface area contributed by atoms with E-state index in [-0.39, 0.29) is 17.7 Å². The summed E-state index contributed by atoms with van der Waals surface area (Å²) in [5.74, 6) is 0.258. The summed E-state index contributed by atoms with van der Waals surface area (Å²) in [5, 5.41) is 2.99. The molecule has 1 aromatic carbocycles. The van der Waals surface area contributed by atoms with E-state index in [2.05, 4.69) is 5.32 Å². The van der Waals surface area contributed by atoms with Crippen molar-refractivity contribution in [1.82, 2.24) is 10.2 Å². The molecule has 2 aliphatic carbocycles. The van der Waals surface area contributed by atoms with Crippen molar-refractivity contribution in [3.63, 3.8) is 0 Å². The van der Waals surface area contributed by atoms with Crippen LogP contribution in [-0.4, -0.2) is 28.8 Å². The molecule has 3 rings (SSSR count). The van der Waals surface area contributed by atoms with Gasteiger partial charge >= 0.3 is 0 Å². The average Bonchev–Trinajstić information content (AvgIpc) is 3.37. The summed E-state index contributed by atoms with van der Waals surface area (Å²) in [6.45, 7) is 4.54. The van der Waals surface area contributed by atoms with Crippen molar-refractivity contribution in [2.75, 3.05) is 0 Å². The van der Waals surface area contributed by atoms with E-state index in [1.165, 1.54) is 0 Å². The highest BCUT2D eigenvalue weighted by atomic mass is 16.2. The number of hydrogen-bond acceptors (Lipinski definition) is 2. The highest BCUT2D eigenvalue weighted by molar-refractivity contribution is 5.94. The molecule has 1 N–H and O–H groups in total. The van der Waals surface area contributed by atoms with Gasteiger partial charge in [0.2, 0.25) is 5.91 Å². The van der Waals surface area contributed by atoms with Gasteiger partial charge in [-0.15, -0.1) is 0 Å². The topological polar surface area (TPSA) is 49.4 Å². The van der Waals surface area contributed by atoms with E-state index in [1.54, 1.807) is 0 Å². The van der Waals surface area contributed by atoms with Crippen LogP contribution in [0.2, 0.25) is 0 Å². The molecule has 0 radical (unpaired) electrons. The maximum absolute atomic E-state index is 12.3. The third-order valence-electron chi connectivity index (χ3n) is 4.25. The quantitative estimate of drug-likeness (QED) is 0.878. The molecule has 118 valence electrons. The Hall–Kier alpha value is -1.84. The van der Waals surface area contributed by atoms with Crippen molar-refractivity contribution < 1.29 is 9.59 Å². The molecule has 2 amide bonds. The van der Waals surface area contributed by atoms with E-state index in [4.69, 9.17) is 0 Å². The third kappa shape index (κ3) is 3.67. The first kappa shape index (κ1) is 15.1. The Balaban J connectivity index is 1.63. The Kier molecular flexibility index (Phi) is 4.19. The molecule has 0 atom stereocenters. The number of amides is 2. The summed E-state index contributed by atoms with van der Waals surface area (Å²) in [6, 6.07) is 8.43. The Morgan fingerprint density at radius 3 is 2.27 bits per heavy atom. The van der Waals surface area contributed by atoms with E-state index in [1.807, 2.05) is 43.0 Å². The molecular weight excluding hydrogens is 276 g/mol. The Morgan fingerprint density at radius 1 is 1.14 bits per heavy atom. The van der Waals surface area contributed by atoms with E-state index in [0.717, 1.165) is 31.2 Å². The van der Waals surface area contributed by atoms with Gasteiger partial charge in [0.1, 0.15) is 0 Å². The first-order valence-electron chi connectivity index (χ1n) is 8.25. The molecule has 0 saturated heterocycles. The molecular formula is C18H24N2O2. The molecule has 4 nitrogen and oxygen atoms in total. The van der Waals surface area contributed by atoms with Gasteiger partial charge in [-0.2, -0.15) is 0 Å². The molecule has 22 heavy (non-hydrogen) atoms. The van der Waals surface area contributed by atoms with Crippen LogP contribution in [0.4, 0.5) is 0 Å². The van der Waals surface area contributed by atoms with Crippen molar-refractivity contribution in [2.45, 2.75) is 58.2 Å². The van der Waals surface area contributed by atoms with Gasteiger partial charge in [0.05, 0.1) is 0 Å². The van der Waals surface area contributed by atoms with Crippen LogP contribution < -0.4 is 5.32 Å². The smallest absolute Gasteiger partial charge is 0.251 e. The second-order valence-corrected chi connectivity index (χ2v) is 6.80. The number of nitrogens with zero attached hydrogens (tertiary/aromatic N) is 1. The van der Waals surface area contributed by atoms with Crippen molar-refractivity contribution in [2.24, 2.45) is 5.92 Å². The predicted molar refractivity (Wildman–Crippen MR) is 85.3 cm³/mol. The Labute approximate surface area is 131 Å². The van der Waals surface area contributed by atoms with Gasteiger partial charge in [-0.25, -0.2) is 0 Å².